The normalized spacial score (nSPS) is 13.3. The number of alkyl halides is 6. The SMILES string of the molecule is [CH]N1CCN([CH])CCN(CC(=O)NCC(=O)NCC(COCC(=O)N(CC(=O)N(CC(=O)NCCOCCOCCOCCOCC#C)CC(=O)NCCOCCOCCOCCOCC#C)CC(=O)N(CC(=O)NCCOCCOCCOCCOCC#C)CC(=O)NCCOCCOCCOCCOCC#C)(CC(F)(F)F)CC(F)(F)F)CCN(CC(=O)O)CC1. The van der Waals surface area contributed by atoms with Crippen molar-refractivity contribution in [3.8, 4) is 49.4 Å². The molecule has 1 heterocycles. The number of nitrogens with zero attached hydrogens (tertiary/aromatic N) is 7. The molecule has 41 nitrogen and oxygen atoms in total. The van der Waals surface area contributed by atoms with E-state index in [1.807, 2.05) is 5.32 Å². The van der Waals surface area contributed by atoms with Crippen molar-refractivity contribution in [3.05, 3.63) is 14.1 Å². The molecule has 0 bridgehead atoms. The highest BCUT2D eigenvalue weighted by molar-refractivity contribution is 5.95. The molecule has 1 saturated heterocycles. The minimum Gasteiger partial charge on any atom is -0.480 e. The third-order valence-corrected chi connectivity index (χ3v) is 17.0. The number of ether oxygens (including phenoxy) is 17. The van der Waals surface area contributed by atoms with E-state index in [0.717, 1.165) is 0 Å². The zero-order chi connectivity index (χ0) is 94.4. The molecule has 1 rings (SSSR count). The third-order valence-electron chi connectivity index (χ3n) is 17.0. The first-order valence-electron chi connectivity index (χ1n) is 41.3. The summed E-state index contributed by atoms with van der Waals surface area (Å²) in [5.41, 5.74) is -3.21. The fraction of sp³-hybridized carbons (Fsp3) is 0.753. The molecule has 0 aromatic carbocycles. The Hall–Kier alpha value is -8.32. The predicted molar refractivity (Wildman–Crippen MR) is 443 cm³/mol. The van der Waals surface area contributed by atoms with Gasteiger partial charge >= 0.3 is 18.3 Å². The second-order valence-electron chi connectivity index (χ2n) is 27.7. The average Bonchev–Trinajstić information content (AvgIpc) is 0.815. The van der Waals surface area contributed by atoms with E-state index < -0.39 is 162 Å². The summed E-state index contributed by atoms with van der Waals surface area (Å²) in [6.45, 7) is -7.71. The van der Waals surface area contributed by atoms with Crippen LogP contribution in [0.2, 0.25) is 0 Å². The molecule has 1 fully saturated rings. The Kier molecular flexibility index (Phi) is 71.2. The number of hydrogen-bond donors (Lipinski definition) is 7. The largest absolute Gasteiger partial charge is 0.480 e. The lowest BCUT2D eigenvalue weighted by Gasteiger charge is -2.35. The van der Waals surface area contributed by atoms with Gasteiger partial charge in [0, 0.05) is 105 Å². The second-order valence-corrected chi connectivity index (χ2v) is 27.7. The molecule has 0 saturated carbocycles. The van der Waals surface area contributed by atoms with Gasteiger partial charge in [0.25, 0.3) is 0 Å². The summed E-state index contributed by atoms with van der Waals surface area (Å²) in [6.07, 6.45) is 5.07. The van der Waals surface area contributed by atoms with Crippen LogP contribution < -0.4 is 31.9 Å². The summed E-state index contributed by atoms with van der Waals surface area (Å²) in [5.74, 6) is -1.80. The van der Waals surface area contributed by atoms with Gasteiger partial charge in [-0.15, -0.1) is 25.7 Å². The van der Waals surface area contributed by atoms with Crippen LogP contribution >= 0.6 is 0 Å². The van der Waals surface area contributed by atoms with Crippen molar-refractivity contribution in [1.29, 1.82) is 0 Å². The minimum absolute atomic E-state index is 0.0467. The van der Waals surface area contributed by atoms with Crippen LogP contribution in [-0.4, -0.2) is 480 Å². The van der Waals surface area contributed by atoms with Crippen molar-refractivity contribution in [1.82, 2.24) is 66.2 Å². The quantitative estimate of drug-likeness (QED) is 0.0171. The van der Waals surface area contributed by atoms with Gasteiger partial charge in [-0.05, 0) is 0 Å². The molecule has 0 unspecified atom stereocenters. The standard InChI is InChI=1S/C81H129F6N13O28/c1-7-23-112-31-39-120-47-51-124-43-35-116-27-11-88-71(103)57-98(58-72(104)89-12-28-117-36-44-125-52-48-121-40-32-113-24-8-2)75(107)61-100(62-76(108)99(59-73(105)90-13-29-118-37-45-126-53-49-122-41-33-114-25-9-3)60-74(106)91-14-30-119-38-46-127-54-50-123-42-34-115-26-10-4)77(109)64-128-68-79(65-80(82,83)84,66-81(85,86)87)67-93-69(101)55-92-70(102)56-96-19-17-94(5)15-16-95(6)18-20-97(22-21-96)63-78(110)111/h1-6H,11-68H2,(H,88,103)(H,89,104)(H,90,105)(H,91,106)(H,92,102)(H,93,101)(H,110,111). The lowest BCUT2D eigenvalue weighted by molar-refractivity contribution is -0.205. The molecule has 128 heavy (non-hydrogen) atoms. The summed E-state index contributed by atoms with van der Waals surface area (Å²) in [4.78, 5) is 146. The van der Waals surface area contributed by atoms with E-state index in [1.165, 1.54) is 9.80 Å². The third kappa shape index (κ3) is 71.5. The first-order chi connectivity index (χ1) is 61.5. The van der Waals surface area contributed by atoms with Crippen LogP contribution in [0.4, 0.5) is 26.3 Å². The molecule has 47 heteroatoms. The molecule has 0 aromatic rings. The van der Waals surface area contributed by atoms with Crippen LogP contribution in [0.3, 0.4) is 0 Å². The number of rotatable bonds is 78. The Morgan fingerprint density at radius 3 is 0.852 bits per heavy atom. The Labute approximate surface area is 745 Å². The van der Waals surface area contributed by atoms with Crippen molar-refractivity contribution in [2.75, 3.05) is 369 Å². The maximum Gasteiger partial charge on any atom is 0.389 e. The molecule has 728 valence electrons. The van der Waals surface area contributed by atoms with Crippen molar-refractivity contribution in [2.24, 2.45) is 5.41 Å². The van der Waals surface area contributed by atoms with E-state index in [-0.39, 0.29) is 290 Å². The summed E-state index contributed by atoms with van der Waals surface area (Å²) < 4.78 is 180. The highest BCUT2D eigenvalue weighted by Crippen LogP contribution is 2.42. The van der Waals surface area contributed by atoms with E-state index in [1.54, 1.807) is 9.80 Å². The summed E-state index contributed by atoms with van der Waals surface area (Å²) in [7, 11) is 12.2. The fourth-order valence-electron chi connectivity index (χ4n) is 10.8. The van der Waals surface area contributed by atoms with Gasteiger partial charge < -0.3 is 132 Å². The molecule has 1 aliphatic rings. The number of amides is 9. The Morgan fingerprint density at radius 2 is 0.570 bits per heavy atom. The molecule has 0 atom stereocenters. The number of hydrogen-bond acceptors (Lipinski definition) is 31. The summed E-state index contributed by atoms with van der Waals surface area (Å²) in [6, 6.07) is 0. The van der Waals surface area contributed by atoms with Crippen molar-refractivity contribution in [2.45, 2.75) is 25.2 Å². The van der Waals surface area contributed by atoms with Gasteiger partial charge in [-0.2, -0.15) is 26.3 Å². The van der Waals surface area contributed by atoms with Crippen LogP contribution in [0.5, 0.6) is 0 Å². The molecule has 1 aliphatic heterocycles. The summed E-state index contributed by atoms with van der Waals surface area (Å²) >= 11 is 0. The topological polar surface area (TPSA) is 443 Å². The van der Waals surface area contributed by atoms with Gasteiger partial charge in [-0.1, -0.05) is 23.7 Å². The van der Waals surface area contributed by atoms with Gasteiger partial charge in [-0.3, -0.25) is 67.5 Å². The molecule has 0 spiro atoms. The maximum absolute atomic E-state index is 14.8. The number of nitrogens with one attached hydrogen (secondary N) is 6. The molecule has 0 aliphatic carbocycles. The number of halogens is 6. The predicted octanol–water partition coefficient (Wildman–Crippen LogP) is -4.48. The van der Waals surface area contributed by atoms with E-state index in [2.05, 4.69) is 50.3 Å². The lowest BCUT2D eigenvalue weighted by Crippen LogP contribution is -2.54. The second kappa shape index (κ2) is 77.4. The van der Waals surface area contributed by atoms with E-state index in [9.17, 15) is 79.4 Å². The van der Waals surface area contributed by atoms with Crippen LogP contribution in [0.15, 0.2) is 0 Å². The van der Waals surface area contributed by atoms with Crippen LogP contribution in [-0.2, 0) is 128 Å². The molecular formula is C81H129F6N13O28. The number of carbonyl (C=O) groups is 10. The van der Waals surface area contributed by atoms with Crippen molar-refractivity contribution in [3.63, 3.8) is 0 Å². The maximum atomic E-state index is 14.8. The van der Waals surface area contributed by atoms with Gasteiger partial charge in [-0.25, -0.2) is 0 Å². The van der Waals surface area contributed by atoms with E-state index >= 15 is 0 Å². The number of aliphatic carboxylic acids is 1. The Balaban J connectivity index is 3.81. The number of carboxylic acids is 1. The first-order valence-corrected chi connectivity index (χ1v) is 41.3. The average molecular weight is 1850 g/mol. The number of carboxylic acid groups (broad SMARTS) is 1. The number of terminal acetylenes is 4. The van der Waals surface area contributed by atoms with Crippen LogP contribution in [0.1, 0.15) is 12.8 Å². The van der Waals surface area contributed by atoms with Gasteiger partial charge in [0.05, 0.1) is 224 Å². The molecule has 7 N–H and O–H groups in total. The van der Waals surface area contributed by atoms with Gasteiger partial charge in [0.15, 0.2) is 0 Å². The molecular weight excluding hydrogens is 1720 g/mol. The van der Waals surface area contributed by atoms with Crippen molar-refractivity contribution < 1.29 is 160 Å². The smallest absolute Gasteiger partial charge is 0.389 e. The highest BCUT2D eigenvalue weighted by Gasteiger charge is 2.50. The highest BCUT2D eigenvalue weighted by atomic mass is 19.4. The molecule has 0 aromatic heterocycles. The van der Waals surface area contributed by atoms with Crippen LogP contribution in [0, 0.1) is 68.9 Å². The minimum atomic E-state index is -5.46. The van der Waals surface area contributed by atoms with Gasteiger partial charge in [0.1, 0.15) is 72.3 Å². The molecule has 9 amide bonds. The van der Waals surface area contributed by atoms with Crippen molar-refractivity contribution >= 4 is 59.1 Å². The Morgan fingerprint density at radius 1 is 0.312 bits per heavy atom. The number of carbonyl (C=O) groups excluding carboxylic acids is 9. The zero-order valence-electron chi connectivity index (χ0n) is 72.8. The van der Waals surface area contributed by atoms with E-state index in [4.69, 9.17) is 120 Å². The fourth-order valence-corrected chi connectivity index (χ4v) is 10.8. The van der Waals surface area contributed by atoms with E-state index in [0.29, 0.717) is 21.2 Å². The zero-order valence-corrected chi connectivity index (χ0v) is 72.8. The summed E-state index contributed by atoms with van der Waals surface area (Å²) in [5, 5.41) is 23.8. The first kappa shape index (κ1) is 118. The lowest BCUT2D eigenvalue weighted by atomic mass is 9.81. The molecule has 4 radical (unpaired) electrons. The Bertz CT molecular complexity index is 2960. The van der Waals surface area contributed by atoms with Crippen LogP contribution in [0.25, 0.3) is 0 Å². The monoisotopic (exact) mass is 1850 g/mol. The van der Waals surface area contributed by atoms with Gasteiger partial charge in [0.2, 0.25) is 53.2 Å².